The second-order valence-electron chi connectivity index (χ2n) is 3.19. The summed E-state index contributed by atoms with van der Waals surface area (Å²) < 4.78 is 28.6. The fraction of sp³-hybridized carbons (Fsp3) is 0.0909. The van der Waals surface area contributed by atoms with Gasteiger partial charge in [-0.3, -0.25) is 4.98 Å². The van der Waals surface area contributed by atoms with Crippen molar-refractivity contribution in [3.05, 3.63) is 36.0 Å². The Morgan fingerprint density at radius 1 is 1.35 bits per heavy atom. The van der Waals surface area contributed by atoms with Crippen LogP contribution in [0.15, 0.2) is 30.5 Å². The van der Waals surface area contributed by atoms with Crippen LogP contribution in [0.3, 0.4) is 0 Å². The first kappa shape index (κ1) is 11.3. The summed E-state index contributed by atoms with van der Waals surface area (Å²) in [7, 11) is 0. The molecule has 0 aliphatic rings. The maximum absolute atomic E-state index is 12.1. The van der Waals surface area contributed by atoms with Crippen molar-refractivity contribution in [2.45, 2.75) is 6.61 Å². The summed E-state index contributed by atoms with van der Waals surface area (Å²) in [6, 6.07) is 5.40. The van der Waals surface area contributed by atoms with Crippen molar-refractivity contribution in [2.75, 3.05) is 0 Å². The molecule has 0 amide bonds. The van der Waals surface area contributed by atoms with Crippen LogP contribution in [0.2, 0.25) is 0 Å². The predicted octanol–water partition coefficient (Wildman–Crippen LogP) is 2.53. The summed E-state index contributed by atoms with van der Waals surface area (Å²) >= 11 is 0. The van der Waals surface area contributed by atoms with Crippen LogP contribution in [0, 0.1) is 0 Å². The van der Waals surface area contributed by atoms with Crippen LogP contribution in [-0.4, -0.2) is 22.7 Å². The smallest absolute Gasteiger partial charge is 0.387 e. The highest BCUT2D eigenvalue weighted by Crippen LogP contribution is 2.27. The predicted molar refractivity (Wildman–Crippen MR) is 55.3 cm³/mol. The molecule has 0 bridgehead atoms. The normalized spacial score (nSPS) is 10.8. The Bertz CT molecular complexity index is 572. The number of benzene rings is 1. The maximum atomic E-state index is 12.1. The molecule has 0 spiro atoms. The van der Waals surface area contributed by atoms with Gasteiger partial charge in [0.25, 0.3) is 0 Å². The van der Waals surface area contributed by atoms with Gasteiger partial charge in [-0.1, -0.05) is 6.07 Å². The number of carboxylic acid groups (broad SMARTS) is 1. The lowest BCUT2D eigenvalue weighted by molar-refractivity contribution is -0.0489. The molecule has 88 valence electrons. The molecule has 0 radical (unpaired) electrons. The third kappa shape index (κ3) is 2.15. The van der Waals surface area contributed by atoms with Gasteiger partial charge in [0.15, 0.2) is 5.75 Å². The quantitative estimate of drug-likeness (QED) is 0.894. The van der Waals surface area contributed by atoms with Crippen molar-refractivity contribution in [3.63, 3.8) is 0 Å². The minimum absolute atomic E-state index is 0.00489. The van der Waals surface area contributed by atoms with Gasteiger partial charge in [0.2, 0.25) is 0 Å². The fourth-order valence-electron chi connectivity index (χ4n) is 1.52. The number of nitrogens with zero attached hydrogens (tertiary/aromatic N) is 1. The van der Waals surface area contributed by atoms with E-state index < -0.39 is 12.6 Å². The molecule has 4 nitrogen and oxygen atoms in total. The molecule has 0 atom stereocenters. The minimum atomic E-state index is -2.98. The highest BCUT2D eigenvalue weighted by Gasteiger charge is 2.14. The van der Waals surface area contributed by atoms with Crippen molar-refractivity contribution in [1.82, 2.24) is 4.98 Å². The molecule has 1 heterocycles. The number of fused-ring (bicyclic) bond motifs is 1. The van der Waals surface area contributed by atoms with E-state index in [1.54, 1.807) is 0 Å². The molecule has 0 aliphatic heterocycles. The first-order valence-corrected chi connectivity index (χ1v) is 4.65. The van der Waals surface area contributed by atoms with Crippen LogP contribution in [0.25, 0.3) is 10.9 Å². The van der Waals surface area contributed by atoms with Gasteiger partial charge in [0.1, 0.15) is 5.52 Å². The number of rotatable bonds is 3. The number of halogens is 2. The molecule has 2 rings (SSSR count). The molecule has 0 saturated heterocycles. The van der Waals surface area contributed by atoms with Crippen LogP contribution in [0.4, 0.5) is 8.78 Å². The molecule has 0 aliphatic carbocycles. The molecule has 1 aromatic heterocycles. The summed E-state index contributed by atoms with van der Waals surface area (Å²) in [5, 5.41) is 9.20. The van der Waals surface area contributed by atoms with Crippen LogP contribution < -0.4 is 4.74 Å². The third-order valence-corrected chi connectivity index (χ3v) is 2.18. The van der Waals surface area contributed by atoms with Crippen molar-refractivity contribution < 1.29 is 23.4 Å². The molecule has 17 heavy (non-hydrogen) atoms. The average molecular weight is 239 g/mol. The maximum Gasteiger partial charge on any atom is 0.387 e. The first-order valence-electron chi connectivity index (χ1n) is 4.65. The molecular weight excluding hydrogens is 232 g/mol. The van der Waals surface area contributed by atoms with Crippen molar-refractivity contribution in [3.8, 4) is 5.75 Å². The summed E-state index contributed by atoms with van der Waals surface area (Å²) in [5.41, 5.74) is 0.0995. The lowest BCUT2D eigenvalue weighted by Gasteiger charge is -2.08. The highest BCUT2D eigenvalue weighted by molar-refractivity contribution is 6.04. The average Bonchev–Trinajstić information content (AvgIpc) is 2.28. The van der Waals surface area contributed by atoms with E-state index in [0.29, 0.717) is 0 Å². The standard InChI is InChI=1S/C11H7F2NO3/c12-11(13)17-8-4-3-7(10(15)16)6-2-1-5-14-9(6)8/h1-5,11H,(H,15,16). The van der Waals surface area contributed by atoms with Gasteiger partial charge in [-0.25, -0.2) is 4.79 Å². The number of hydrogen-bond acceptors (Lipinski definition) is 3. The SMILES string of the molecule is O=C(O)c1ccc(OC(F)F)c2ncccc12. The zero-order valence-corrected chi connectivity index (χ0v) is 8.43. The second kappa shape index (κ2) is 4.32. The zero-order chi connectivity index (χ0) is 12.4. The van der Waals surface area contributed by atoms with E-state index in [4.69, 9.17) is 5.11 Å². The Kier molecular flexibility index (Phi) is 2.86. The van der Waals surface area contributed by atoms with E-state index >= 15 is 0 Å². The molecule has 2 aromatic rings. The molecule has 0 unspecified atom stereocenters. The summed E-state index contributed by atoms with van der Waals surface area (Å²) in [6.07, 6.45) is 1.38. The van der Waals surface area contributed by atoms with E-state index in [-0.39, 0.29) is 22.2 Å². The van der Waals surface area contributed by atoms with Crippen LogP contribution in [0.1, 0.15) is 10.4 Å². The molecular formula is C11H7F2NO3. The highest BCUT2D eigenvalue weighted by atomic mass is 19.3. The fourth-order valence-corrected chi connectivity index (χ4v) is 1.52. The van der Waals surface area contributed by atoms with Gasteiger partial charge >= 0.3 is 12.6 Å². The number of carbonyl (C=O) groups is 1. The first-order chi connectivity index (χ1) is 8.09. The number of pyridine rings is 1. The topological polar surface area (TPSA) is 59.4 Å². The molecule has 0 fully saturated rings. The monoisotopic (exact) mass is 239 g/mol. The number of aromatic carboxylic acids is 1. The van der Waals surface area contributed by atoms with Crippen molar-refractivity contribution >= 4 is 16.9 Å². The number of aromatic nitrogens is 1. The lowest BCUT2D eigenvalue weighted by atomic mass is 10.1. The summed E-state index contributed by atoms with van der Waals surface area (Å²) in [4.78, 5) is 14.8. The number of ether oxygens (including phenoxy) is 1. The zero-order valence-electron chi connectivity index (χ0n) is 8.43. The van der Waals surface area contributed by atoms with Crippen molar-refractivity contribution in [1.29, 1.82) is 0 Å². The molecule has 1 N–H and O–H groups in total. The van der Waals surface area contributed by atoms with Gasteiger partial charge in [0, 0.05) is 11.6 Å². The van der Waals surface area contributed by atoms with Gasteiger partial charge in [0.05, 0.1) is 5.56 Å². The number of carboxylic acids is 1. The van der Waals surface area contributed by atoms with Gasteiger partial charge in [-0.2, -0.15) is 8.78 Å². The van der Waals surface area contributed by atoms with Crippen LogP contribution >= 0.6 is 0 Å². The lowest BCUT2D eigenvalue weighted by Crippen LogP contribution is -2.05. The Morgan fingerprint density at radius 2 is 2.12 bits per heavy atom. The Hall–Kier alpha value is -2.24. The van der Waals surface area contributed by atoms with Crippen LogP contribution in [-0.2, 0) is 0 Å². The summed E-state index contributed by atoms with van der Waals surface area (Å²) in [6.45, 7) is -2.98. The molecule has 1 aromatic carbocycles. The number of alkyl halides is 2. The largest absolute Gasteiger partial charge is 0.478 e. The summed E-state index contributed by atoms with van der Waals surface area (Å²) in [5.74, 6) is -1.29. The number of hydrogen-bond donors (Lipinski definition) is 1. The van der Waals surface area contributed by atoms with E-state index in [0.717, 1.165) is 0 Å². The molecule has 6 heteroatoms. The second-order valence-corrected chi connectivity index (χ2v) is 3.19. The van der Waals surface area contributed by atoms with Gasteiger partial charge in [-0.05, 0) is 18.2 Å². The Balaban J connectivity index is 2.66. The van der Waals surface area contributed by atoms with Gasteiger partial charge in [-0.15, -0.1) is 0 Å². The minimum Gasteiger partial charge on any atom is -0.478 e. The van der Waals surface area contributed by atoms with E-state index in [9.17, 15) is 13.6 Å². The van der Waals surface area contributed by atoms with E-state index in [2.05, 4.69) is 9.72 Å². The van der Waals surface area contributed by atoms with Gasteiger partial charge < -0.3 is 9.84 Å². The Morgan fingerprint density at radius 3 is 2.76 bits per heavy atom. The Labute approximate surface area is 94.5 Å². The van der Waals surface area contributed by atoms with Crippen molar-refractivity contribution in [2.24, 2.45) is 0 Å². The van der Waals surface area contributed by atoms with Crippen LogP contribution in [0.5, 0.6) is 5.75 Å². The van der Waals surface area contributed by atoms with E-state index in [1.807, 2.05) is 0 Å². The van der Waals surface area contributed by atoms with E-state index in [1.165, 1.54) is 30.5 Å². The third-order valence-electron chi connectivity index (χ3n) is 2.18. The molecule has 0 saturated carbocycles.